The maximum absolute atomic E-state index is 14.4. The van der Waals surface area contributed by atoms with E-state index < -0.39 is 24.0 Å². The highest BCUT2D eigenvalue weighted by Gasteiger charge is 2.40. The number of ketones is 1. The maximum Gasteiger partial charge on any atom is 0.321 e. The predicted molar refractivity (Wildman–Crippen MR) is 142 cm³/mol. The summed E-state index contributed by atoms with van der Waals surface area (Å²) in [7, 11) is 0. The fraction of sp³-hybridized carbons (Fsp3) is 0.269. The van der Waals surface area contributed by atoms with Gasteiger partial charge in [0.05, 0.1) is 12.1 Å². The van der Waals surface area contributed by atoms with Crippen LogP contribution in [0.5, 0.6) is 11.8 Å². The zero-order valence-corrected chi connectivity index (χ0v) is 22.6. The lowest BCUT2D eigenvalue weighted by Gasteiger charge is -2.23. The predicted octanol–water partition coefficient (Wildman–Crippen LogP) is 3.86. The summed E-state index contributed by atoms with van der Waals surface area (Å²) in [6.45, 7) is 2.71. The lowest BCUT2D eigenvalue weighted by atomic mass is 10.1. The van der Waals surface area contributed by atoms with Gasteiger partial charge in [-0.25, -0.2) is 19.3 Å². The Balaban J connectivity index is 1.37. The average Bonchev–Trinajstić information content (AvgIpc) is 3.46. The van der Waals surface area contributed by atoms with Gasteiger partial charge in [-0.15, -0.1) is 0 Å². The third-order valence-corrected chi connectivity index (χ3v) is 6.59. The van der Waals surface area contributed by atoms with Gasteiger partial charge >= 0.3 is 6.01 Å². The number of Topliss-reactive ketones (excluding diaryl/α,β-unsaturated/α-hetero) is 1. The van der Waals surface area contributed by atoms with E-state index in [1.54, 1.807) is 48.8 Å². The third-order valence-electron chi connectivity index (χ3n) is 6.15. The minimum atomic E-state index is -1.36. The van der Waals surface area contributed by atoms with E-state index >= 15 is 0 Å². The van der Waals surface area contributed by atoms with Crippen LogP contribution >= 0.6 is 15.9 Å². The molecule has 4 aromatic rings. The molecule has 0 unspecified atom stereocenters. The van der Waals surface area contributed by atoms with Crippen LogP contribution in [-0.2, 0) is 16.1 Å². The number of hydrogen-bond donors (Lipinski definition) is 1. The molecule has 11 nitrogen and oxygen atoms in total. The van der Waals surface area contributed by atoms with Crippen molar-refractivity contribution in [2.75, 3.05) is 11.9 Å². The largest absolute Gasteiger partial charge is 0.424 e. The van der Waals surface area contributed by atoms with Gasteiger partial charge in [-0.3, -0.25) is 19.1 Å². The third kappa shape index (κ3) is 5.77. The Morgan fingerprint density at radius 3 is 2.67 bits per heavy atom. The fourth-order valence-corrected chi connectivity index (χ4v) is 4.70. The number of aryl methyl sites for hydroxylation is 1. The van der Waals surface area contributed by atoms with Gasteiger partial charge in [0.25, 0.3) is 0 Å². The number of halogens is 2. The van der Waals surface area contributed by atoms with Crippen LogP contribution in [0.1, 0.15) is 29.4 Å². The van der Waals surface area contributed by atoms with E-state index in [2.05, 4.69) is 41.3 Å². The number of carbonyl (C=O) groups excluding carboxylic acids is 3. The highest BCUT2D eigenvalue weighted by molar-refractivity contribution is 9.10. The number of nitrogens with one attached hydrogen (secondary N) is 1. The van der Waals surface area contributed by atoms with Crippen LogP contribution < -0.4 is 10.1 Å². The number of alkyl halides is 1. The van der Waals surface area contributed by atoms with Gasteiger partial charge in [-0.05, 0) is 58.7 Å². The van der Waals surface area contributed by atoms with E-state index in [1.807, 2.05) is 6.92 Å². The molecular formula is C26H23BrFN7O4. The number of hydrogen-bond acceptors (Lipinski definition) is 8. The Morgan fingerprint density at radius 1 is 1.18 bits per heavy atom. The Bertz CT molecular complexity index is 1580. The van der Waals surface area contributed by atoms with Crippen molar-refractivity contribution < 1.29 is 23.5 Å². The van der Waals surface area contributed by atoms with E-state index in [-0.39, 0.29) is 42.8 Å². The number of amides is 2. The summed E-state index contributed by atoms with van der Waals surface area (Å²) in [6.07, 6.45) is 1.75. The van der Waals surface area contributed by atoms with Crippen molar-refractivity contribution >= 4 is 50.2 Å². The number of fused-ring (bicyclic) bond motifs is 1. The van der Waals surface area contributed by atoms with Crippen LogP contribution in [0.25, 0.3) is 10.9 Å². The lowest BCUT2D eigenvalue weighted by Crippen LogP contribution is -2.44. The highest BCUT2D eigenvalue weighted by atomic mass is 79.9. The Labute approximate surface area is 230 Å². The van der Waals surface area contributed by atoms with E-state index in [9.17, 15) is 18.8 Å². The number of likely N-dealkylation sites (tertiary alicyclic amines) is 1. The number of benzene rings is 1. The van der Waals surface area contributed by atoms with Crippen molar-refractivity contribution in [2.45, 2.75) is 39.0 Å². The second-order valence-electron chi connectivity index (χ2n) is 9.12. The molecule has 0 radical (unpaired) electrons. The molecule has 200 valence electrons. The van der Waals surface area contributed by atoms with Crippen LogP contribution in [0.4, 0.5) is 10.2 Å². The van der Waals surface area contributed by atoms with Gasteiger partial charge in [0.2, 0.25) is 11.8 Å². The second-order valence-corrected chi connectivity index (χ2v) is 9.93. The topological polar surface area (TPSA) is 132 Å². The molecule has 0 spiro atoms. The maximum atomic E-state index is 14.4. The summed E-state index contributed by atoms with van der Waals surface area (Å²) in [6, 6.07) is 9.05. The minimum absolute atomic E-state index is 0.133. The molecule has 1 N–H and O–H groups in total. The van der Waals surface area contributed by atoms with Crippen LogP contribution in [-0.4, -0.2) is 66.0 Å². The first kappa shape index (κ1) is 26.4. The summed E-state index contributed by atoms with van der Waals surface area (Å²) < 4.78 is 22.0. The fourth-order valence-electron chi connectivity index (χ4n) is 4.36. The summed E-state index contributed by atoms with van der Waals surface area (Å²) in [5, 5.41) is 7.46. The number of carbonyl (C=O) groups is 3. The summed E-state index contributed by atoms with van der Waals surface area (Å²) in [5.74, 6) is -0.687. The average molecular weight is 596 g/mol. The van der Waals surface area contributed by atoms with Crippen LogP contribution in [0.15, 0.2) is 53.4 Å². The number of rotatable bonds is 7. The number of pyridine rings is 1. The number of anilines is 1. The zero-order valence-electron chi connectivity index (χ0n) is 21.0. The molecule has 0 bridgehead atoms. The monoisotopic (exact) mass is 595 g/mol. The second kappa shape index (κ2) is 10.8. The number of ether oxygens (including phenoxy) is 1. The molecule has 1 saturated heterocycles. The molecule has 3 aromatic heterocycles. The molecule has 39 heavy (non-hydrogen) atoms. The van der Waals surface area contributed by atoms with Gasteiger partial charge in [-0.2, -0.15) is 5.10 Å². The van der Waals surface area contributed by atoms with Gasteiger partial charge in [0, 0.05) is 31.1 Å². The van der Waals surface area contributed by atoms with Crippen LogP contribution in [0.3, 0.4) is 0 Å². The van der Waals surface area contributed by atoms with Gasteiger partial charge in [-0.1, -0.05) is 6.07 Å². The minimum Gasteiger partial charge on any atom is -0.424 e. The first-order valence-corrected chi connectivity index (χ1v) is 12.8. The molecule has 4 heterocycles. The molecule has 13 heteroatoms. The Kier molecular flexibility index (Phi) is 7.33. The SMILES string of the molecule is CC(=O)c1nn(CC(=O)N2C[C@H](F)C[C@H]2C(=O)Nc2cccc(Br)n2)c2ccc(Oc3ncc(C)cn3)cc12. The molecule has 1 aromatic carbocycles. The molecule has 2 amide bonds. The summed E-state index contributed by atoms with van der Waals surface area (Å²) >= 11 is 3.24. The standard InChI is InChI=1S/C26H23BrFN7O4/c1-14-10-29-26(30-11-14)39-17-6-7-19-18(9-17)24(15(2)36)33-35(19)13-23(37)34-12-16(28)8-20(34)25(38)32-22-5-3-4-21(27)31-22/h3-7,9-11,16,20H,8,12-13H2,1-2H3,(H,31,32,38)/t16-,20+/m1/s1. The van der Waals surface area contributed by atoms with E-state index in [0.717, 1.165) is 5.56 Å². The highest BCUT2D eigenvalue weighted by Crippen LogP contribution is 2.28. The molecule has 0 aliphatic carbocycles. The normalized spacial score (nSPS) is 16.9. The van der Waals surface area contributed by atoms with Crippen molar-refractivity contribution in [3.05, 3.63) is 64.7 Å². The summed E-state index contributed by atoms with van der Waals surface area (Å²) in [4.78, 5) is 52.2. The van der Waals surface area contributed by atoms with Crippen LogP contribution in [0.2, 0.25) is 0 Å². The first-order valence-electron chi connectivity index (χ1n) is 12.0. The Hall–Kier alpha value is -4.26. The number of nitrogens with zero attached hydrogens (tertiary/aromatic N) is 6. The number of aromatic nitrogens is 5. The van der Waals surface area contributed by atoms with Crippen LogP contribution in [0, 0.1) is 6.92 Å². The molecule has 5 rings (SSSR count). The molecule has 0 saturated carbocycles. The molecule has 2 atom stereocenters. The zero-order chi connectivity index (χ0) is 27.7. The van der Waals surface area contributed by atoms with Gasteiger partial charge in [0.15, 0.2) is 5.78 Å². The van der Waals surface area contributed by atoms with Crippen molar-refractivity contribution in [1.82, 2.24) is 29.6 Å². The lowest BCUT2D eigenvalue weighted by molar-refractivity contribution is -0.137. The van der Waals surface area contributed by atoms with Gasteiger partial charge < -0.3 is 15.0 Å². The molecule has 1 aliphatic rings. The first-order chi connectivity index (χ1) is 18.7. The van der Waals surface area contributed by atoms with E-state index in [4.69, 9.17) is 4.74 Å². The van der Waals surface area contributed by atoms with Crippen molar-refractivity contribution in [1.29, 1.82) is 0 Å². The molecule has 1 fully saturated rings. The summed E-state index contributed by atoms with van der Waals surface area (Å²) in [5.41, 5.74) is 1.53. The smallest absolute Gasteiger partial charge is 0.321 e. The quantitative estimate of drug-likeness (QED) is 0.251. The van der Waals surface area contributed by atoms with Crippen molar-refractivity contribution in [2.24, 2.45) is 0 Å². The van der Waals surface area contributed by atoms with E-state index in [1.165, 1.54) is 16.5 Å². The van der Waals surface area contributed by atoms with Crippen molar-refractivity contribution in [3.8, 4) is 11.8 Å². The molecule has 1 aliphatic heterocycles. The van der Waals surface area contributed by atoms with Gasteiger partial charge in [0.1, 0.15) is 40.6 Å². The Morgan fingerprint density at radius 2 is 1.95 bits per heavy atom. The molecular weight excluding hydrogens is 573 g/mol. The van der Waals surface area contributed by atoms with E-state index in [0.29, 0.717) is 21.3 Å². The van der Waals surface area contributed by atoms with Crippen molar-refractivity contribution in [3.63, 3.8) is 0 Å².